The van der Waals surface area contributed by atoms with Gasteiger partial charge in [-0.1, -0.05) is 23.7 Å². The summed E-state index contributed by atoms with van der Waals surface area (Å²) in [5, 5.41) is 7.74. The van der Waals surface area contributed by atoms with Gasteiger partial charge in [0.05, 0.1) is 10.7 Å². The van der Waals surface area contributed by atoms with Crippen molar-refractivity contribution in [3.8, 4) is 0 Å². The van der Waals surface area contributed by atoms with E-state index in [0.29, 0.717) is 6.04 Å². The third-order valence-corrected chi connectivity index (χ3v) is 3.15. The smallest absolute Gasteiger partial charge is 0.0637 e. The van der Waals surface area contributed by atoms with E-state index in [1.165, 1.54) is 0 Å². The third kappa shape index (κ3) is 2.64. The molecule has 1 unspecified atom stereocenters. The Kier molecular flexibility index (Phi) is 2.89. The summed E-state index contributed by atoms with van der Waals surface area (Å²) in [6, 6.07) is 8.36. The maximum Gasteiger partial charge on any atom is 0.0637 e. The fourth-order valence-electron chi connectivity index (χ4n) is 2.06. The minimum absolute atomic E-state index is 0.235. The second-order valence-electron chi connectivity index (χ2n) is 4.79. The highest BCUT2D eigenvalue weighted by Crippen LogP contribution is 2.25. The minimum atomic E-state index is 0.235. The van der Waals surface area contributed by atoms with Gasteiger partial charge in [0.1, 0.15) is 0 Å². The van der Waals surface area contributed by atoms with E-state index in [4.69, 9.17) is 11.6 Å². The Bertz CT molecular complexity index is 349. The highest BCUT2D eigenvalue weighted by atomic mass is 35.5. The molecule has 0 amide bonds. The van der Waals surface area contributed by atoms with Crippen LogP contribution in [0.15, 0.2) is 24.3 Å². The lowest BCUT2D eigenvalue weighted by molar-refractivity contribution is 0.457. The highest BCUT2D eigenvalue weighted by molar-refractivity contribution is 6.33. The zero-order valence-electron chi connectivity index (χ0n) is 9.18. The van der Waals surface area contributed by atoms with Crippen molar-refractivity contribution < 1.29 is 0 Å². The lowest BCUT2D eigenvalue weighted by atomic mass is 10.0. The molecule has 0 radical (unpaired) electrons. The Morgan fingerprint density at radius 2 is 2.13 bits per heavy atom. The maximum absolute atomic E-state index is 6.09. The molecule has 1 aromatic rings. The van der Waals surface area contributed by atoms with Crippen molar-refractivity contribution in [1.29, 1.82) is 0 Å². The minimum Gasteiger partial charge on any atom is -0.380 e. The second kappa shape index (κ2) is 4.03. The monoisotopic (exact) mass is 224 g/mol. The standard InChI is InChI=1S/C12H17ClN2/c1-12(2)7-9(8-14-12)15-11-6-4-3-5-10(11)13/h3-6,9,14-15H,7-8H2,1-2H3. The van der Waals surface area contributed by atoms with Gasteiger partial charge in [-0.25, -0.2) is 0 Å². The van der Waals surface area contributed by atoms with Crippen LogP contribution < -0.4 is 10.6 Å². The molecule has 0 spiro atoms. The molecular formula is C12H17ClN2. The highest BCUT2D eigenvalue weighted by Gasteiger charge is 2.30. The predicted molar refractivity (Wildman–Crippen MR) is 65.6 cm³/mol. The molecule has 1 aliphatic rings. The Balaban J connectivity index is 2.02. The van der Waals surface area contributed by atoms with Gasteiger partial charge in [0, 0.05) is 18.1 Å². The van der Waals surface area contributed by atoms with Gasteiger partial charge in [0.25, 0.3) is 0 Å². The first-order chi connectivity index (χ1) is 7.07. The Morgan fingerprint density at radius 3 is 2.73 bits per heavy atom. The first-order valence-electron chi connectivity index (χ1n) is 5.33. The number of para-hydroxylation sites is 1. The molecule has 82 valence electrons. The lowest BCUT2D eigenvalue weighted by Gasteiger charge is -2.18. The van der Waals surface area contributed by atoms with Crippen LogP contribution in [-0.4, -0.2) is 18.1 Å². The Morgan fingerprint density at radius 1 is 1.40 bits per heavy atom. The third-order valence-electron chi connectivity index (χ3n) is 2.82. The quantitative estimate of drug-likeness (QED) is 0.807. The van der Waals surface area contributed by atoms with Crippen LogP contribution in [0.4, 0.5) is 5.69 Å². The van der Waals surface area contributed by atoms with E-state index in [0.717, 1.165) is 23.7 Å². The van der Waals surface area contributed by atoms with Crippen molar-refractivity contribution in [2.24, 2.45) is 0 Å². The van der Waals surface area contributed by atoms with Crippen molar-refractivity contribution in [3.63, 3.8) is 0 Å². The molecule has 0 aromatic heterocycles. The maximum atomic E-state index is 6.09. The van der Waals surface area contributed by atoms with Crippen LogP contribution in [0.1, 0.15) is 20.3 Å². The van der Waals surface area contributed by atoms with E-state index < -0.39 is 0 Å². The fourth-order valence-corrected chi connectivity index (χ4v) is 2.25. The molecule has 1 aliphatic heterocycles. The Hall–Kier alpha value is -0.730. The van der Waals surface area contributed by atoms with Crippen molar-refractivity contribution in [2.45, 2.75) is 31.8 Å². The largest absolute Gasteiger partial charge is 0.380 e. The molecule has 1 saturated heterocycles. The zero-order chi connectivity index (χ0) is 10.9. The molecule has 0 aliphatic carbocycles. The summed E-state index contributed by atoms with van der Waals surface area (Å²) in [7, 11) is 0. The van der Waals surface area contributed by atoms with Gasteiger partial charge in [-0.3, -0.25) is 0 Å². The van der Waals surface area contributed by atoms with Gasteiger partial charge in [-0.15, -0.1) is 0 Å². The molecule has 0 bridgehead atoms. The fraction of sp³-hybridized carbons (Fsp3) is 0.500. The average molecular weight is 225 g/mol. The SMILES string of the molecule is CC1(C)CC(Nc2ccccc2Cl)CN1. The number of rotatable bonds is 2. The van der Waals surface area contributed by atoms with Crippen molar-refractivity contribution in [3.05, 3.63) is 29.3 Å². The topological polar surface area (TPSA) is 24.1 Å². The van der Waals surface area contributed by atoms with Gasteiger partial charge in [0.15, 0.2) is 0 Å². The van der Waals surface area contributed by atoms with Crippen LogP contribution in [0.3, 0.4) is 0 Å². The summed E-state index contributed by atoms with van der Waals surface area (Å²) in [5.41, 5.74) is 1.27. The predicted octanol–water partition coefficient (Wildman–Crippen LogP) is 2.89. The summed E-state index contributed by atoms with van der Waals surface area (Å²) in [6.45, 7) is 5.45. The molecule has 3 heteroatoms. The number of nitrogens with one attached hydrogen (secondary N) is 2. The number of hydrogen-bond acceptors (Lipinski definition) is 2. The van der Waals surface area contributed by atoms with Crippen LogP contribution in [0.2, 0.25) is 5.02 Å². The molecule has 15 heavy (non-hydrogen) atoms. The normalized spacial score (nSPS) is 24.1. The van der Waals surface area contributed by atoms with Crippen molar-refractivity contribution in [1.82, 2.24) is 5.32 Å². The van der Waals surface area contributed by atoms with Crippen LogP contribution >= 0.6 is 11.6 Å². The van der Waals surface area contributed by atoms with E-state index >= 15 is 0 Å². The van der Waals surface area contributed by atoms with Crippen LogP contribution in [0, 0.1) is 0 Å². The molecule has 2 rings (SSSR count). The molecule has 2 nitrogen and oxygen atoms in total. The number of halogens is 1. The molecule has 2 N–H and O–H groups in total. The second-order valence-corrected chi connectivity index (χ2v) is 5.20. The van der Waals surface area contributed by atoms with E-state index in [9.17, 15) is 0 Å². The molecular weight excluding hydrogens is 208 g/mol. The number of benzene rings is 1. The molecule has 1 heterocycles. The van der Waals surface area contributed by atoms with Crippen molar-refractivity contribution >= 4 is 17.3 Å². The van der Waals surface area contributed by atoms with Crippen LogP contribution in [0.25, 0.3) is 0 Å². The number of hydrogen-bond donors (Lipinski definition) is 2. The van der Waals surface area contributed by atoms with E-state index in [2.05, 4.69) is 24.5 Å². The summed E-state index contributed by atoms with van der Waals surface area (Å²) in [6.07, 6.45) is 1.12. The van der Waals surface area contributed by atoms with Crippen molar-refractivity contribution in [2.75, 3.05) is 11.9 Å². The van der Waals surface area contributed by atoms with Gasteiger partial charge < -0.3 is 10.6 Å². The lowest BCUT2D eigenvalue weighted by Crippen LogP contribution is -2.31. The molecule has 0 saturated carbocycles. The Labute approximate surface area is 96.0 Å². The first-order valence-corrected chi connectivity index (χ1v) is 5.71. The summed E-state index contributed by atoms with van der Waals surface area (Å²) in [4.78, 5) is 0. The number of anilines is 1. The summed E-state index contributed by atoms with van der Waals surface area (Å²) in [5.74, 6) is 0. The van der Waals surface area contributed by atoms with Crippen LogP contribution in [0.5, 0.6) is 0 Å². The van der Waals surface area contributed by atoms with Gasteiger partial charge >= 0.3 is 0 Å². The summed E-state index contributed by atoms with van der Waals surface area (Å²) >= 11 is 6.09. The van der Waals surface area contributed by atoms with E-state index in [-0.39, 0.29) is 5.54 Å². The molecule has 1 fully saturated rings. The molecule has 1 atom stereocenters. The van der Waals surface area contributed by atoms with Gasteiger partial charge in [-0.05, 0) is 32.4 Å². The van der Waals surface area contributed by atoms with Crippen LogP contribution in [-0.2, 0) is 0 Å². The first kappa shape index (κ1) is 10.8. The zero-order valence-corrected chi connectivity index (χ0v) is 9.93. The van der Waals surface area contributed by atoms with Gasteiger partial charge in [0.2, 0.25) is 0 Å². The van der Waals surface area contributed by atoms with E-state index in [1.807, 2.05) is 24.3 Å². The molecule has 1 aromatic carbocycles. The average Bonchev–Trinajstić information content (AvgIpc) is 2.50. The summed E-state index contributed by atoms with van der Waals surface area (Å²) < 4.78 is 0. The van der Waals surface area contributed by atoms with Gasteiger partial charge in [-0.2, -0.15) is 0 Å². The van der Waals surface area contributed by atoms with E-state index in [1.54, 1.807) is 0 Å².